The van der Waals surface area contributed by atoms with Crippen molar-refractivity contribution < 1.29 is 9.13 Å². The van der Waals surface area contributed by atoms with Crippen molar-refractivity contribution in [3.8, 4) is 5.75 Å². The average Bonchev–Trinajstić information content (AvgIpc) is 2.41. The normalized spacial score (nSPS) is 10.5. The molecule has 0 radical (unpaired) electrons. The number of rotatable bonds is 5. The Hall–Kier alpha value is -1.94. The van der Waals surface area contributed by atoms with Crippen molar-refractivity contribution in [2.45, 2.75) is 20.1 Å². The average molecular weight is 260 g/mol. The summed E-state index contributed by atoms with van der Waals surface area (Å²) in [6.07, 6.45) is 1.78. The number of hydrogen-bond acceptors (Lipinski definition) is 3. The van der Waals surface area contributed by atoms with Gasteiger partial charge in [0.15, 0.2) is 0 Å². The minimum atomic E-state index is -0.247. The number of ether oxygens (including phenoxy) is 1. The maximum atomic E-state index is 13.5. The van der Waals surface area contributed by atoms with E-state index in [-0.39, 0.29) is 12.4 Å². The largest absolute Gasteiger partial charge is 0.488 e. The van der Waals surface area contributed by atoms with Crippen LogP contribution in [-0.2, 0) is 13.2 Å². The molecule has 0 aliphatic carbocycles. The van der Waals surface area contributed by atoms with Crippen molar-refractivity contribution in [2.24, 2.45) is 0 Å². The molecule has 1 heterocycles. The lowest BCUT2D eigenvalue weighted by Gasteiger charge is -2.12. The Kier molecular flexibility index (Phi) is 4.47. The van der Waals surface area contributed by atoms with Crippen LogP contribution in [-0.4, -0.2) is 12.0 Å². The minimum Gasteiger partial charge on any atom is -0.488 e. The van der Waals surface area contributed by atoms with Crippen LogP contribution in [0.2, 0.25) is 0 Å². The van der Waals surface area contributed by atoms with Crippen LogP contribution >= 0.6 is 0 Å². The molecule has 0 fully saturated rings. The van der Waals surface area contributed by atoms with Crippen molar-refractivity contribution in [3.63, 3.8) is 0 Å². The maximum absolute atomic E-state index is 13.5. The quantitative estimate of drug-likeness (QED) is 0.897. The van der Waals surface area contributed by atoms with Crippen LogP contribution in [0.15, 0.2) is 36.5 Å². The number of halogens is 1. The van der Waals surface area contributed by atoms with Crippen LogP contribution in [0.25, 0.3) is 0 Å². The highest BCUT2D eigenvalue weighted by molar-refractivity contribution is 5.33. The lowest BCUT2D eigenvalue weighted by Crippen LogP contribution is -2.09. The van der Waals surface area contributed by atoms with Gasteiger partial charge < -0.3 is 10.1 Å². The molecule has 1 aromatic heterocycles. The summed E-state index contributed by atoms with van der Waals surface area (Å²) in [7, 11) is 1.86. The summed E-state index contributed by atoms with van der Waals surface area (Å²) < 4.78 is 19.2. The van der Waals surface area contributed by atoms with Gasteiger partial charge in [0.05, 0.1) is 0 Å². The fourth-order valence-electron chi connectivity index (χ4n) is 1.79. The minimum absolute atomic E-state index is 0.215. The Morgan fingerprint density at radius 1 is 1.26 bits per heavy atom. The van der Waals surface area contributed by atoms with Crippen molar-refractivity contribution >= 4 is 0 Å². The number of benzene rings is 1. The van der Waals surface area contributed by atoms with Crippen molar-refractivity contribution in [3.05, 3.63) is 59.2 Å². The second-order valence-electron chi connectivity index (χ2n) is 4.34. The molecule has 4 heteroatoms. The molecule has 0 saturated heterocycles. The molecule has 3 nitrogen and oxygen atoms in total. The fourth-order valence-corrected chi connectivity index (χ4v) is 1.79. The first kappa shape index (κ1) is 13.5. The molecular weight excluding hydrogens is 243 g/mol. The van der Waals surface area contributed by atoms with Crippen LogP contribution in [0.5, 0.6) is 5.75 Å². The molecule has 1 N–H and O–H groups in total. The van der Waals surface area contributed by atoms with E-state index in [2.05, 4.69) is 10.3 Å². The van der Waals surface area contributed by atoms with Crippen molar-refractivity contribution in [2.75, 3.05) is 7.05 Å². The molecular formula is C15H17FN2O. The van der Waals surface area contributed by atoms with Gasteiger partial charge >= 0.3 is 0 Å². The summed E-state index contributed by atoms with van der Waals surface area (Å²) >= 11 is 0. The van der Waals surface area contributed by atoms with E-state index in [9.17, 15) is 4.39 Å². The highest BCUT2D eigenvalue weighted by Gasteiger charge is 2.07. The van der Waals surface area contributed by atoms with Crippen LogP contribution in [0.1, 0.15) is 16.8 Å². The molecule has 0 amide bonds. The molecule has 0 aliphatic rings. The number of pyridine rings is 1. The van der Waals surface area contributed by atoms with Gasteiger partial charge in [-0.05, 0) is 20.0 Å². The zero-order valence-electron chi connectivity index (χ0n) is 11.1. The second kappa shape index (κ2) is 6.29. The van der Waals surface area contributed by atoms with Crippen molar-refractivity contribution in [1.82, 2.24) is 10.3 Å². The highest BCUT2D eigenvalue weighted by Crippen LogP contribution is 2.20. The Morgan fingerprint density at radius 2 is 2.05 bits per heavy atom. The van der Waals surface area contributed by atoms with E-state index in [1.54, 1.807) is 24.4 Å². The predicted molar refractivity (Wildman–Crippen MR) is 72.5 cm³/mol. The van der Waals surface area contributed by atoms with Gasteiger partial charge in [0.25, 0.3) is 0 Å². The third-order valence-corrected chi connectivity index (χ3v) is 2.79. The second-order valence-corrected chi connectivity index (χ2v) is 4.34. The number of nitrogens with one attached hydrogen (secondary N) is 1. The summed E-state index contributed by atoms with van der Waals surface area (Å²) in [6, 6.07) is 8.50. The highest BCUT2D eigenvalue weighted by atomic mass is 19.1. The van der Waals surface area contributed by atoms with Crippen LogP contribution < -0.4 is 10.1 Å². The van der Waals surface area contributed by atoms with E-state index in [0.29, 0.717) is 12.1 Å². The van der Waals surface area contributed by atoms with Crippen LogP contribution in [0.3, 0.4) is 0 Å². The molecule has 100 valence electrons. The van der Waals surface area contributed by atoms with E-state index >= 15 is 0 Å². The van der Waals surface area contributed by atoms with Gasteiger partial charge in [-0.2, -0.15) is 0 Å². The smallest absolute Gasteiger partial charge is 0.129 e. The molecule has 0 atom stereocenters. The van der Waals surface area contributed by atoms with Crippen LogP contribution in [0.4, 0.5) is 4.39 Å². The van der Waals surface area contributed by atoms with Gasteiger partial charge in [-0.25, -0.2) is 4.39 Å². The standard InChI is InChI=1S/C15H17FN2O/c1-11-7-15(13(8-17-2)9-18-11)19-10-12-5-3-4-6-14(12)16/h3-7,9,17H,8,10H2,1-2H3. The molecule has 0 saturated carbocycles. The molecule has 0 aliphatic heterocycles. The van der Waals surface area contributed by atoms with Gasteiger partial charge in [0.2, 0.25) is 0 Å². The van der Waals surface area contributed by atoms with Crippen molar-refractivity contribution in [1.29, 1.82) is 0 Å². The summed E-state index contributed by atoms with van der Waals surface area (Å²) in [4.78, 5) is 4.24. The van der Waals surface area contributed by atoms with E-state index in [1.807, 2.05) is 20.0 Å². The first-order chi connectivity index (χ1) is 9.20. The van der Waals surface area contributed by atoms with Crippen LogP contribution in [0, 0.1) is 12.7 Å². The number of hydrogen-bond donors (Lipinski definition) is 1. The summed E-state index contributed by atoms with van der Waals surface area (Å²) in [5.74, 6) is 0.494. The Labute approximate surface area is 112 Å². The molecule has 2 rings (SSSR count). The molecule has 1 aromatic carbocycles. The summed E-state index contributed by atoms with van der Waals surface area (Å²) in [5, 5.41) is 3.06. The number of aromatic nitrogens is 1. The monoisotopic (exact) mass is 260 g/mol. The van der Waals surface area contributed by atoms with Gasteiger partial charge in [0.1, 0.15) is 18.2 Å². The number of nitrogens with zero attached hydrogens (tertiary/aromatic N) is 1. The molecule has 2 aromatic rings. The number of aryl methyl sites for hydroxylation is 1. The van der Waals surface area contributed by atoms with E-state index < -0.39 is 0 Å². The van der Waals surface area contributed by atoms with E-state index in [1.165, 1.54) is 6.07 Å². The van der Waals surface area contributed by atoms with Gasteiger partial charge in [-0.1, -0.05) is 18.2 Å². The Balaban J connectivity index is 2.14. The molecule has 0 spiro atoms. The maximum Gasteiger partial charge on any atom is 0.129 e. The van der Waals surface area contributed by atoms with Gasteiger partial charge in [-0.15, -0.1) is 0 Å². The Bertz CT molecular complexity index is 558. The first-order valence-electron chi connectivity index (χ1n) is 6.17. The lowest BCUT2D eigenvalue weighted by molar-refractivity contribution is 0.295. The third-order valence-electron chi connectivity index (χ3n) is 2.79. The molecule has 0 bridgehead atoms. The topological polar surface area (TPSA) is 34.2 Å². The summed E-state index contributed by atoms with van der Waals surface area (Å²) in [6.45, 7) is 2.78. The van der Waals surface area contributed by atoms with E-state index in [0.717, 1.165) is 17.0 Å². The SMILES string of the molecule is CNCc1cnc(C)cc1OCc1ccccc1F. The van der Waals surface area contributed by atoms with E-state index in [4.69, 9.17) is 4.74 Å². The van der Waals surface area contributed by atoms with Gasteiger partial charge in [0, 0.05) is 35.6 Å². The molecule has 0 unspecified atom stereocenters. The zero-order valence-corrected chi connectivity index (χ0v) is 11.1. The molecule has 19 heavy (non-hydrogen) atoms. The lowest BCUT2D eigenvalue weighted by atomic mass is 10.2. The predicted octanol–water partition coefficient (Wildman–Crippen LogP) is 2.83. The van der Waals surface area contributed by atoms with Gasteiger partial charge in [-0.3, -0.25) is 4.98 Å². The first-order valence-corrected chi connectivity index (χ1v) is 6.17. The Morgan fingerprint density at radius 3 is 2.79 bits per heavy atom. The fraction of sp³-hybridized carbons (Fsp3) is 0.267. The third kappa shape index (κ3) is 3.51. The zero-order chi connectivity index (χ0) is 13.7. The summed E-state index contributed by atoms with van der Waals surface area (Å²) in [5.41, 5.74) is 2.39.